The van der Waals surface area contributed by atoms with Gasteiger partial charge >= 0.3 is 6.61 Å². The van der Waals surface area contributed by atoms with E-state index < -0.39 is 12.5 Å². The van der Waals surface area contributed by atoms with Gasteiger partial charge in [0.05, 0.1) is 7.11 Å². The zero-order valence-electron chi connectivity index (χ0n) is 12.6. The maximum atomic E-state index is 12.4. The van der Waals surface area contributed by atoms with Crippen LogP contribution in [0.1, 0.15) is 5.56 Å². The predicted octanol–water partition coefficient (Wildman–Crippen LogP) is 4.71. The Labute approximate surface area is 146 Å². The van der Waals surface area contributed by atoms with Crippen molar-refractivity contribution in [3.8, 4) is 11.5 Å². The molecular weight excluding hydrogens is 384 g/mol. The van der Waals surface area contributed by atoms with Crippen molar-refractivity contribution in [3.05, 3.63) is 58.6 Å². The molecule has 0 radical (unpaired) electrons. The van der Waals surface area contributed by atoms with Crippen LogP contribution in [0.4, 0.5) is 14.5 Å². The van der Waals surface area contributed by atoms with E-state index in [1.54, 1.807) is 6.08 Å². The Morgan fingerprint density at radius 1 is 1.17 bits per heavy atom. The summed E-state index contributed by atoms with van der Waals surface area (Å²) >= 11 is 3.33. The Balaban J connectivity index is 2.06. The largest absolute Gasteiger partial charge is 0.493 e. The molecule has 0 bridgehead atoms. The average Bonchev–Trinajstić information content (AvgIpc) is 2.54. The standard InChI is InChI=1S/C17H14BrF2NO3/c1-23-14-8-7-13(10-15(14)24-17(19)20)21-16(22)9-4-11-2-5-12(18)6-3-11/h2-10,17H,1H3,(H,21,22)/b9-4+. The van der Waals surface area contributed by atoms with Gasteiger partial charge in [0.15, 0.2) is 11.5 Å². The molecule has 2 aromatic carbocycles. The summed E-state index contributed by atoms with van der Waals surface area (Å²) in [5.41, 5.74) is 1.17. The Hall–Kier alpha value is -2.41. The molecule has 0 saturated heterocycles. The second-order valence-electron chi connectivity index (χ2n) is 4.62. The normalized spacial score (nSPS) is 10.9. The van der Waals surface area contributed by atoms with Crippen LogP contribution < -0.4 is 14.8 Å². The topological polar surface area (TPSA) is 47.6 Å². The molecule has 0 aliphatic rings. The van der Waals surface area contributed by atoms with Crippen molar-refractivity contribution in [1.29, 1.82) is 0 Å². The molecule has 7 heteroatoms. The third-order valence-electron chi connectivity index (χ3n) is 2.94. The molecule has 1 amide bonds. The molecule has 0 unspecified atom stereocenters. The number of rotatable bonds is 6. The Bertz CT molecular complexity index is 733. The number of hydrogen-bond acceptors (Lipinski definition) is 3. The summed E-state index contributed by atoms with van der Waals surface area (Å²) < 4.78 is 35.0. The number of carbonyl (C=O) groups excluding carboxylic acids is 1. The third-order valence-corrected chi connectivity index (χ3v) is 3.47. The smallest absolute Gasteiger partial charge is 0.387 e. The molecule has 126 valence electrons. The number of ether oxygens (including phenoxy) is 2. The molecule has 0 aromatic heterocycles. The zero-order valence-corrected chi connectivity index (χ0v) is 14.2. The highest BCUT2D eigenvalue weighted by molar-refractivity contribution is 9.10. The third kappa shape index (κ3) is 5.34. The molecular formula is C17H14BrF2NO3. The van der Waals surface area contributed by atoms with E-state index in [0.717, 1.165) is 10.0 Å². The number of anilines is 1. The van der Waals surface area contributed by atoms with Crippen LogP contribution in [0, 0.1) is 0 Å². The average molecular weight is 398 g/mol. The van der Waals surface area contributed by atoms with Crippen LogP contribution in [-0.4, -0.2) is 19.6 Å². The monoisotopic (exact) mass is 397 g/mol. The first-order chi connectivity index (χ1) is 11.5. The van der Waals surface area contributed by atoms with Crippen LogP contribution in [0.5, 0.6) is 11.5 Å². The molecule has 0 spiro atoms. The Morgan fingerprint density at radius 3 is 2.50 bits per heavy atom. The Kier molecular flexibility index (Phi) is 6.31. The van der Waals surface area contributed by atoms with Crippen LogP contribution in [0.25, 0.3) is 6.08 Å². The highest BCUT2D eigenvalue weighted by Gasteiger charge is 2.11. The minimum Gasteiger partial charge on any atom is -0.493 e. The van der Waals surface area contributed by atoms with Crippen molar-refractivity contribution >= 4 is 33.6 Å². The van der Waals surface area contributed by atoms with Gasteiger partial charge in [-0.15, -0.1) is 0 Å². The van der Waals surface area contributed by atoms with Crippen molar-refractivity contribution in [2.45, 2.75) is 6.61 Å². The maximum Gasteiger partial charge on any atom is 0.387 e. The summed E-state index contributed by atoms with van der Waals surface area (Å²) in [6.45, 7) is -2.98. The van der Waals surface area contributed by atoms with Gasteiger partial charge in [0.2, 0.25) is 5.91 Å². The summed E-state index contributed by atoms with van der Waals surface area (Å²) in [6, 6.07) is 11.6. The fourth-order valence-corrected chi connectivity index (χ4v) is 2.14. The van der Waals surface area contributed by atoms with Crippen LogP contribution in [0.2, 0.25) is 0 Å². The van der Waals surface area contributed by atoms with E-state index in [1.165, 1.54) is 31.4 Å². The molecule has 24 heavy (non-hydrogen) atoms. The Morgan fingerprint density at radius 2 is 1.88 bits per heavy atom. The van der Waals surface area contributed by atoms with Crippen molar-refractivity contribution < 1.29 is 23.0 Å². The summed E-state index contributed by atoms with van der Waals surface area (Å²) in [5, 5.41) is 2.57. The summed E-state index contributed by atoms with van der Waals surface area (Å²) in [5.74, 6) is -0.396. The second kappa shape index (κ2) is 8.44. The number of halogens is 3. The van der Waals surface area contributed by atoms with Crippen molar-refractivity contribution in [3.63, 3.8) is 0 Å². The van der Waals surface area contributed by atoms with Gasteiger partial charge in [0, 0.05) is 22.3 Å². The highest BCUT2D eigenvalue weighted by atomic mass is 79.9. The molecule has 0 saturated carbocycles. The lowest BCUT2D eigenvalue weighted by Crippen LogP contribution is -2.09. The van der Waals surface area contributed by atoms with Gasteiger partial charge in [-0.3, -0.25) is 4.79 Å². The first kappa shape index (κ1) is 17.9. The van der Waals surface area contributed by atoms with Crippen molar-refractivity contribution in [2.24, 2.45) is 0 Å². The predicted molar refractivity (Wildman–Crippen MR) is 91.4 cm³/mol. The van der Waals surface area contributed by atoms with E-state index in [0.29, 0.717) is 5.69 Å². The molecule has 1 N–H and O–H groups in total. The van der Waals surface area contributed by atoms with Gasteiger partial charge in [-0.05, 0) is 35.9 Å². The second-order valence-corrected chi connectivity index (χ2v) is 5.53. The first-order valence-corrected chi connectivity index (χ1v) is 7.64. The minimum absolute atomic E-state index is 0.151. The van der Waals surface area contributed by atoms with Crippen molar-refractivity contribution in [2.75, 3.05) is 12.4 Å². The van der Waals surface area contributed by atoms with E-state index >= 15 is 0 Å². The summed E-state index contributed by atoms with van der Waals surface area (Å²) in [4.78, 5) is 11.9. The molecule has 0 aliphatic heterocycles. The lowest BCUT2D eigenvalue weighted by Gasteiger charge is -2.11. The molecule has 0 heterocycles. The number of alkyl halides is 2. The van der Waals surface area contributed by atoms with E-state index in [9.17, 15) is 13.6 Å². The van der Waals surface area contributed by atoms with Crippen LogP contribution in [-0.2, 0) is 4.79 Å². The van der Waals surface area contributed by atoms with Gasteiger partial charge < -0.3 is 14.8 Å². The fourth-order valence-electron chi connectivity index (χ4n) is 1.87. The van der Waals surface area contributed by atoms with E-state index in [-0.39, 0.29) is 11.5 Å². The molecule has 2 rings (SSSR count). The van der Waals surface area contributed by atoms with Gasteiger partial charge in [-0.25, -0.2) is 0 Å². The van der Waals surface area contributed by atoms with Crippen LogP contribution >= 0.6 is 15.9 Å². The van der Waals surface area contributed by atoms with Gasteiger partial charge in [0.1, 0.15) is 0 Å². The summed E-state index contributed by atoms with van der Waals surface area (Å²) in [7, 11) is 1.34. The van der Waals surface area contributed by atoms with Gasteiger partial charge in [0.25, 0.3) is 0 Å². The van der Waals surface area contributed by atoms with E-state index in [2.05, 4.69) is 26.0 Å². The van der Waals surface area contributed by atoms with Crippen LogP contribution in [0.3, 0.4) is 0 Å². The van der Waals surface area contributed by atoms with Gasteiger partial charge in [-0.1, -0.05) is 28.1 Å². The lowest BCUT2D eigenvalue weighted by molar-refractivity contribution is -0.111. The molecule has 0 atom stereocenters. The zero-order chi connectivity index (χ0) is 17.5. The fraction of sp³-hybridized carbons (Fsp3) is 0.118. The first-order valence-electron chi connectivity index (χ1n) is 6.85. The molecule has 0 fully saturated rings. The molecule has 0 aliphatic carbocycles. The maximum absolute atomic E-state index is 12.4. The van der Waals surface area contributed by atoms with E-state index in [4.69, 9.17) is 4.74 Å². The summed E-state index contributed by atoms with van der Waals surface area (Å²) in [6.07, 6.45) is 2.99. The SMILES string of the molecule is COc1ccc(NC(=O)/C=C/c2ccc(Br)cc2)cc1OC(F)F. The minimum atomic E-state index is -2.98. The number of benzene rings is 2. The quantitative estimate of drug-likeness (QED) is 0.717. The number of hydrogen-bond donors (Lipinski definition) is 1. The van der Waals surface area contributed by atoms with Crippen molar-refractivity contribution in [1.82, 2.24) is 0 Å². The van der Waals surface area contributed by atoms with E-state index in [1.807, 2.05) is 24.3 Å². The van der Waals surface area contributed by atoms with Crippen LogP contribution in [0.15, 0.2) is 53.0 Å². The molecule has 2 aromatic rings. The molecule has 4 nitrogen and oxygen atoms in total. The lowest BCUT2D eigenvalue weighted by atomic mass is 10.2. The number of nitrogens with one attached hydrogen (secondary N) is 1. The number of amides is 1. The van der Waals surface area contributed by atoms with Gasteiger partial charge in [-0.2, -0.15) is 8.78 Å². The number of methoxy groups -OCH3 is 1. The highest BCUT2D eigenvalue weighted by Crippen LogP contribution is 2.31. The number of carbonyl (C=O) groups is 1.